The summed E-state index contributed by atoms with van der Waals surface area (Å²) in [4.78, 5) is 57.5. The molecule has 0 radical (unpaired) electrons. The van der Waals surface area contributed by atoms with Gasteiger partial charge < -0.3 is 24.6 Å². The third kappa shape index (κ3) is 40.3. The van der Waals surface area contributed by atoms with Gasteiger partial charge in [0, 0.05) is 32.4 Å². The standard InChI is InChI=1S/C58H113N3O6/c1-8-14-19-22-30-37-47-59-58(65)54(43-33-26-23-24-28-35-45-56(63)66-50-52(39-17-11-4)41-31-20-15-9-2)61(49-38-48-60(7)13-6)55(62)44-34-27-25-29-36-46-57(64)67-51-53(40-18-12-5)42-32-21-16-10-3/h52-54H,8-51H2,1-7H3,(H,59,65). The molecule has 3 atom stereocenters. The van der Waals surface area contributed by atoms with E-state index in [2.05, 4.69) is 58.8 Å². The van der Waals surface area contributed by atoms with Crippen LogP contribution in [0.4, 0.5) is 0 Å². The molecule has 9 nitrogen and oxygen atoms in total. The van der Waals surface area contributed by atoms with E-state index in [9.17, 15) is 19.2 Å². The summed E-state index contributed by atoms with van der Waals surface area (Å²) in [5.41, 5.74) is 0. The minimum Gasteiger partial charge on any atom is -0.465 e. The number of nitrogens with zero attached hydrogens (tertiary/aromatic N) is 2. The van der Waals surface area contributed by atoms with Crippen molar-refractivity contribution in [1.82, 2.24) is 15.1 Å². The maximum Gasteiger partial charge on any atom is 0.305 e. The molecule has 0 bridgehead atoms. The van der Waals surface area contributed by atoms with Gasteiger partial charge in [0.15, 0.2) is 0 Å². The molecule has 0 spiro atoms. The van der Waals surface area contributed by atoms with Gasteiger partial charge in [-0.3, -0.25) is 19.2 Å². The first kappa shape index (κ1) is 64.8. The highest BCUT2D eigenvalue weighted by Crippen LogP contribution is 2.21. The van der Waals surface area contributed by atoms with Crippen LogP contribution in [0.25, 0.3) is 0 Å². The van der Waals surface area contributed by atoms with E-state index < -0.39 is 6.04 Å². The van der Waals surface area contributed by atoms with Crippen LogP contribution >= 0.6 is 0 Å². The third-order valence-electron chi connectivity index (χ3n) is 14.0. The van der Waals surface area contributed by atoms with Crippen molar-refractivity contribution in [2.75, 3.05) is 46.4 Å². The van der Waals surface area contributed by atoms with Crippen molar-refractivity contribution in [3.8, 4) is 0 Å². The maximum absolute atomic E-state index is 14.1. The lowest BCUT2D eigenvalue weighted by Crippen LogP contribution is -2.50. The van der Waals surface area contributed by atoms with Gasteiger partial charge in [-0.1, -0.05) is 202 Å². The van der Waals surface area contributed by atoms with E-state index in [1.54, 1.807) is 0 Å². The predicted molar refractivity (Wildman–Crippen MR) is 284 cm³/mol. The first-order valence-electron chi connectivity index (χ1n) is 29.2. The highest BCUT2D eigenvalue weighted by Gasteiger charge is 2.29. The zero-order valence-corrected chi connectivity index (χ0v) is 45.7. The zero-order chi connectivity index (χ0) is 49.4. The molecule has 0 aromatic heterocycles. The van der Waals surface area contributed by atoms with Gasteiger partial charge in [0.25, 0.3) is 0 Å². The molecule has 0 aliphatic heterocycles. The van der Waals surface area contributed by atoms with Crippen LogP contribution in [0.15, 0.2) is 0 Å². The Labute approximate surface area is 415 Å². The molecular weight excluding hydrogens is 835 g/mol. The van der Waals surface area contributed by atoms with Crippen LogP contribution in [0, 0.1) is 11.8 Å². The molecule has 0 rings (SSSR count). The van der Waals surface area contributed by atoms with E-state index in [0.717, 1.165) is 129 Å². The van der Waals surface area contributed by atoms with E-state index >= 15 is 0 Å². The van der Waals surface area contributed by atoms with Crippen molar-refractivity contribution in [1.29, 1.82) is 0 Å². The fourth-order valence-corrected chi connectivity index (χ4v) is 9.21. The van der Waals surface area contributed by atoms with E-state index in [1.807, 2.05) is 4.90 Å². The van der Waals surface area contributed by atoms with Gasteiger partial charge in [-0.25, -0.2) is 0 Å². The van der Waals surface area contributed by atoms with Crippen molar-refractivity contribution in [2.45, 2.75) is 292 Å². The first-order chi connectivity index (χ1) is 32.7. The Morgan fingerprint density at radius 1 is 0.418 bits per heavy atom. The number of unbranched alkanes of at least 4 members (excludes halogenated alkanes) is 22. The van der Waals surface area contributed by atoms with Crippen molar-refractivity contribution < 1.29 is 28.7 Å². The summed E-state index contributed by atoms with van der Waals surface area (Å²) in [6.45, 7) is 17.5. The van der Waals surface area contributed by atoms with Gasteiger partial charge in [0.05, 0.1) is 13.2 Å². The van der Waals surface area contributed by atoms with Crippen LogP contribution in [0.1, 0.15) is 286 Å². The van der Waals surface area contributed by atoms with E-state index in [4.69, 9.17) is 9.47 Å². The van der Waals surface area contributed by atoms with Crippen molar-refractivity contribution >= 4 is 23.8 Å². The SMILES string of the molecule is CCCCCCCCNC(=O)C(CCCCCCCCC(=O)OCC(CCCC)CCCCCC)N(CCCN(C)CC)C(=O)CCCCCCCC(=O)OCC(CCCC)CCCCCC. The molecule has 0 saturated carbocycles. The summed E-state index contributed by atoms with van der Waals surface area (Å²) in [6.07, 6.45) is 39.8. The maximum atomic E-state index is 14.1. The topological polar surface area (TPSA) is 105 Å². The van der Waals surface area contributed by atoms with Crippen LogP contribution in [-0.2, 0) is 28.7 Å². The summed E-state index contributed by atoms with van der Waals surface area (Å²) in [6, 6.07) is -0.453. The summed E-state index contributed by atoms with van der Waals surface area (Å²) in [5.74, 6) is 0.957. The Hall–Kier alpha value is -2.16. The van der Waals surface area contributed by atoms with Crippen molar-refractivity contribution in [3.63, 3.8) is 0 Å². The number of esters is 2. The molecule has 0 fully saturated rings. The molecule has 9 heteroatoms. The number of carbonyl (C=O) groups excluding carboxylic acids is 4. The van der Waals surface area contributed by atoms with Crippen LogP contribution < -0.4 is 5.32 Å². The summed E-state index contributed by atoms with van der Waals surface area (Å²) < 4.78 is 11.5. The number of rotatable bonds is 51. The van der Waals surface area contributed by atoms with Crippen LogP contribution in [0.5, 0.6) is 0 Å². The quantitative estimate of drug-likeness (QED) is 0.0478. The summed E-state index contributed by atoms with van der Waals surface area (Å²) in [5, 5.41) is 3.25. The molecule has 1 N–H and O–H groups in total. The molecule has 0 aromatic rings. The second-order valence-corrected chi connectivity index (χ2v) is 20.4. The minimum absolute atomic E-state index is 0.00206. The molecule has 396 valence electrons. The lowest BCUT2D eigenvalue weighted by atomic mass is 9.96. The molecule has 0 saturated heterocycles. The first-order valence-corrected chi connectivity index (χ1v) is 29.2. The Morgan fingerprint density at radius 2 is 0.806 bits per heavy atom. The number of nitrogens with one attached hydrogen (secondary N) is 1. The van der Waals surface area contributed by atoms with E-state index in [0.29, 0.717) is 63.8 Å². The summed E-state index contributed by atoms with van der Waals surface area (Å²) in [7, 11) is 2.11. The molecule has 0 aromatic carbocycles. The fraction of sp³-hybridized carbons (Fsp3) is 0.931. The highest BCUT2D eigenvalue weighted by atomic mass is 16.5. The lowest BCUT2D eigenvalue weighted by molar-refractivity contribution is -0.146. The fourth-order valence-electron chi connectivity index (χ4n) is 9.21. The second kappa shape index (κ2) is 48.8. The van der Waals surface area contributed by atoms with Crippen LogP contribution in [0.2, 0.25) is 0 Å². The zero-order valence-electron chi connectivity index (χ0n) is 45.7. The van der Waals surface area contributed by atoms with Crippen LogP contribution in [0.3, 0.4) is 0 Å². The average Bonchev–Trinajstić information content (AvgIpc) is 3.33. The van der Waals surface area contributed by atoms with Gasteiger partial charge >= 0.3 is 11.9 Å². The molecular formula is C58H113N3O6. The van der Waals surface area contributed by atoms with Crippen LogP contribution in [-0.4, -0.2) is 86.0 Å². The van der Waals surface area contributed by atoms with Gasteiger partial charge in [-0.05, 0) is 96.2 Å². The molecule has 0 aliphatic rings. The summed E-state index contributed by atoms with van der Waals surface area (Å²) >= 11 is 0. The average molecular weight is 949 g/mol. The van der Waals surface area contributed by atoms with Gasteiger partial charge in [-0.2, -0.15) is 0 Å². The highest BCUT2D eigenvalue weighted by molar-refractivity contribution is 5.87. The smallest absolute Gasteiger partial charge is 0.305 e. The number of carbonyl (C=O) groups is 4. The normalized spacial score (nSPS) is 12.8. The van der Waals surface area contributed by atoms with E-state index in [1.165, 1.54) is 103 Å². The van der Waals surface area contributed by atoms with Gasteiger partial charge in [0.1, 0.15) is 6.04 Å². The lowest BCUT2D eigenvalue weighted by Gasteiger charge is -2.32. The molecule has 0 heterocycles. The molecule has 3 unspecified atom stereocenters. The molecule has 0 aliphatic carbocycles. The number of hydrogen-bond acceptors (Lipinski definition) is 7. The second-order valence-electron chi connectivity index (χ2n) is 20.4. The Kier molecular flexibility index (Phi) is 47.3. The number of ether oxygens (including phenoxy) is 2. The number of amides is 2. The van der Waals surface area contributed by atoms with Gasteiger partial charge in [0.2, 0.25) is 11.8 Å². The molecule has 67 heavy (non-hydrogen) atoms. The van der Waals surface area contributed by atoms with Crippen molar-refractivity contribution in [3.05, 3.63) is 0 Å². The van der Waals surface area contributed by atoms with Gasteiger partial charge in [-0.15, -0.1) is 0 Å². The predicted octanol–water partition coefficient (Wildman–Crippen LogP) is 15.5. The largest absolute Gasteiger partial charge is 0.465 e. The van der Waals surface area contributed by atoms with Crippen molar-refractivity contribution in [2.24, 2.45) is 11.8 Å². The number of hydrogen-bond donors (Lipinski definition) is 1. The Morgan fingerprint density at radius 3 is 1.28 bits per heavy atom. The third-order valence-corrected chi connectivity index (χ3v) is 14.0. The Bertz CT molecular complexity index is 1140. The Balaban J connectivity index is 5.17. The van der Waals surface area contributed by atoms with E-state index in [-0.39, 0.29) is 23.8 Å². The molecule has 2 amide bonds. The monoisotopic (exact) mass is 948 g/mol. The minimum atomic E-state index is -0.453.